The Morgan fingerprint density at radius 3 is 2.76 bits per heavy atom. The highest BCUT2D eigenvalue weighted by molar-refractivity contribution is 6.83. The predicted molar refractivity (Wildman–Crippen MR) is 70.8 cm³/mol. The summed E-state index contributed by atoms with van der Waals surface area (Å²) < 4.78 is 1.77. The normalized spacial score (nSPS) is 11.0. The fourth-order valence-corrected chi connectivity index (χ4v) is 2.00. The molecule has 0 aliphatic heterocycles. The smallest absolute Gasteiger partial charge is 0.168 e. The molecule has 0 aliphatic carbocycles. The van der Waals surface area contributed by atoms with Crippen LogP contribution in [0.25, 0.3) is 5.52 Å². The Morgan fingerprint density at radius 2 is 2.12 bits per heavy atom. The fourth-order valence-electron chi connectivity index (χ4n) is 1.49. The Kier molecular flexibility index (Phi) is 2.86. The second-order valence-corrected chi connectivity index (χ2v) is 9.69. The van der Waals surface area contributed by atoms with Crippen LogP contribution in [0, 0.1) is 11.5 Å². The van der Waals surface area contributed by atoms with E-state index in [9.17, 15) is 4.79 Å². The van der Waals surface area contributed by atoms with Gasteiger partial charge in [0.15, 0.2) is 6.29 Å². The van der Waals surface area contributed by atoms with Gasteiger partial charge in [0.1, 0.15) is 13.8 Å². The number of pyridine rings is 1. The maximum atomic E-state index is 11.2. The number of carbonyl (C=O) groups excluding carboxylic acids is 1. The highest BCUT2D eigenvalue weighted by atomic mass is 28.3. The SMILES string of the molecule is C[Si](C)(C)C#Cc1ccc2cncn2c1C=O. The molecule has 17 heavy (non-hydrogen) atoms. The van der Waals surface area contributed by atoms with Crippen molar-refractivity contribution < 1.29 is 4.79 Å². The lowest BCUT2D eigenvalue weighted by molar-refractivity contribution is 0.111. The third-order valence-corrected chi connectivity index (χ3v) is 3.18. The van der Waals surface area contributed by atoms with Crippen LogP contribution >= 0.6 is 0 Å². The largest absolute Gasteiger partial charge is 0.296 e. The molecule has 0 bridgehead atoms. The zero-order valence-electron chi connectivity index (χ0n) is 10.2. The monoisotopic (exact) mass is 242 g/mol. The minimum absolute atomic E-state index is 0.575. The van der Waals surface area contributed by atoms with Gasteiger partial charge in [-0.25, -0.2) is 4.98 Å². The zero-order chi connectivity index (χ0) is 12.5. The summed E-state index contributed by atoms with van der Waals surface area (Å²) in [5.74, 6) is 3.12. The van der Waals surface area contributed by atoms with Gasteiger partial charge < -0.3 is 0 Å². The topological polar surface area (TPSA) is 34.4 Å². The number of hydrogen-bond donors (Lipinski definition) is 0. The number of imidazole rings is 1. The minimum Gasteiger partial charge on any atom is -0.296 e. The predicted octanol–water partition coefficient (Wildman–Crippen LogP) is 2.38. The summed E-state index contributed by atoms with van der Waals surface area (Å²) in [7, 11) is -1.43. The molecule has 4 heteroatoms. The first-order chi connectivity index (χ1) is 8.01. The van der Waals surface area contributed by atoms with Crippen LogP contribution in [0.4, 0.5) is 0 Å². The van der Waals surface area contributed by atoms with E-state index in [0.717, 1.165) is 17.4 Å². The first-order valence-corrected chi connectivity index (χ1v) is 8.95. The Balaban J connectivity index is 2.60. The number of nitrogens with zero attached hydrogens (tertiary/aromatic N) is 2. The van der Waals surface area contributed by atoms with Crippen molar-refractivity contribution in [1.29, 1.82) is 0 Å². The van der Waals surface area contributed by atoms with Gasteiger partial charge in [-0.05, 0) is 12.1 Å². The van der Waals surface area contributed by atoms with Crippen LogP contribution in [-0.4, -0.2) is 23.7 Å². The summed E-state index contributed by atoms with van der Waals surface area (Å²) >= 11 is 0. The molecule has 2 aromatic rings. The van der Waals surface area contributed by atoms with Gasteiger partial charge in [0.2, 0.25) is 0 Å². The Hall–Kier alpha value is -1.86. The molecule has 0 saturated heterocycles. The van der Waals surface area contributed by atoms with Gasteiger partial charge in [-0.1, -0.05) is 25.6 Å². The Morgan fingerprint density at radius 1 is 1.35 bits per heavy atom. The number of aromatic nitrogens is 2. The molecule has 0 aromatic carbocycles. The lowest BCUT2D eigenvalue weighted by atomic mass is 10.2. The first kappa shape index (κ1) is 11.6. The van der Waals surface area contributed by atoms with Crippen LogP contribution in [0.3, 0.4) is 0 Å². The summed E-state index contributed by atoms with van der Waals surface area (Å²) in [5, 5.41) is 0. The lowest BCUT2D eigenvalue weighted by Gasteiger charge is -2.05. The maximum absolute atomic E-state index is 11.2. The van der Waals surface area contributed by atoms with Gasteiger partial charge in [0, 0.05) is 0 Å². The van der Waals surface area contributed by atoms with Crippen molar-refractivity contribution in [2.45, 2.75) is 19.6 Å². The molecule has 0 unspecified atom stereocenters. The highest BCUT2D eigenvalue weighted by Gasteiger charge is 2.09. The first-order valence-electron chi connectivity index (χ1n) is 5.45. The van der Waals surface area contributed by atoms with Gasteiger partial charge in [-0.3, -0.25) is 9.20 Å². The molecule has 0 spiro atoms. The van der Waals surface area contributed by atoms with Crippen LogP contribution in [-0.2, 0) is 0 Å². The van der Waals surface area contributed by atoms with E-state index in [0.29, 0.717) is 5.69 Å². The van der Waals surface area contributed by atoms with Gasteiger partial charge in [-0.2, -0.15) is 0 Å². The second kappa shape index (κ2) is 4.19. The van der Waals surface area contributed by atoms with Crippen LogP contribution in [0.1, 0.15) is 16.1 Å². The third kappa shape index (κ3) is 2.45. The number of rotatable bonds is 1. The van der Waals surface area contributed by atoms with E-state index >= 15 is 0 Å². The average molecular weight is 242 g/mol. The molecule has 0 fully saturated rings. The molecule has 2 rings (SSSR count). The highest BCUT2D eigenvalue weighted by Crippen LogP contribution is 2.11. The van der Waals surface area contributed by atoms with E-state index in [-0.39, 0.29) is 0 Å². The molecule has 2 heterocycles. The summed E-state index contributed by atoms with van der Waals surface area (Å²) in [6, 6.07) is 3.81. The van der Waals surface area contributed by atoms with E-state index in [4.69, 9.17) is 0 Å². The third-order valence-electron chi connectivity index (χ3n) is 2.31. The van der Waals surface area contributed by atoms with Crippen LogP contribution < -0.4 is 0 Å². The van der Waals surface area contributed by atoms with Crippen molar-refractivity contribution in [2.75, 3.05) is 0 Å². The van der Waals surface area contributed by atoms with E-state index < -0.39 is 8.07 Å². The van der Waals surface area contributed by atoms with Crippen molar-refractivity contribution in [2.24, 2.45) is 0 Å². The molecule has 2 aromatic heterocycles. The summed E-state index contributed by atoms with van der Waals surface area (Å²) in [4.78, 5) is 15.2. The molecule has 0 radical (unpaired) electrons. The second-order valence-electron chi connectivity index (χ2n) is 4.94. The quantitative estimate of drug-likeness (QED) is 0.437. The lowest BCUT2D eigenvalue weighted by Crippen LogP contribution is -2.16. The summed E-state index contributed by atoms with van der Waals surface area (Å²) in [6.45, 7) is 6.53. The van der Waals surface area contributed by atoms with Gasteiger partial charge >= 0.3 is 0 Å². The van der Waals surface area contributed by atoms with E-state index in [2.05, 4.69) is 36.1 Å². The van der Waals surface area contributed by atoms with Gasteiger partial charge in [0.25, 0.3) is 0 Å². The molecule has 86 valence electrons. The van der Waals surface area contributed by atoms with Crippen molar-refractivity contribution in [3.8, 4) is 11.5 Å². The Bertz CT molecular complexity index is 626. The van der Waals surface area contributed by atoms with E-state index in [1.807, 2.05) is 12.1 Å². The van der Waals surface area contributed by atoms with E-state index in [1.54, 1.807) is 16.9 Å². The molecule has 0 saturated carbocycles. The molecule has 3 nitrogen and oxygen atoms in total. The maximum Gasteiger partial charge on any atom is 0.168 e. The van der Waals surface area contributed by atoms with Crippen molar-refractivity contribution >= 4 is 19.9 Å². The number of aldehydes is 1. The van der Waals surface area contributed by atoms with E-state index in [1.165, 1.54) is 0 Å². The summed E-state index contributed by atoms with van der Waals surface area (Å²) in [6.07, 6.45) is 4.20. The van der Waals surface area contributed by atoms with Crippen LogP contribution in [0.15, 0.2) is 24.7 Å². The number of fused-ring (bicyclic) bond motifs is 1. The van der Waals surface area contributed by atoms with Gasteiger partial charge in [-0.15, -0.1) is 5.54 Å². The number of hydrogen-bond acceptors (Lipinski definition) is 2. The molecule has 0 atom stereocenters. The van der Waals surface area contributed by atoms with Crippen LogP contribution in [0.5, 0.6) is 0 Å². The molecule has 0 N–H and O–H groups in total. The molecule has 0 amide bonds. The Labute approximate surface area is 102 Å². The summed E-state index contributed by atoms with van der Waals surface area (Å²) in [5.41, 5.74) is 5.52. The molecular formula is C13H14N2OSi. The zero-order valence-corrected chi connectivity index (χ0v) is 11.2. The fraction of sp³-hybridized carbons (Fsp3) is 0.231. The molecule has 0 aliphatic rings. The standard InChI is InChI=1S/C13H14N2OSi/c1-17(2,3)7-6-11-4-5-12-8-14-10-15(12)13(11)9-16/h4-5,8-10H,1-3H3. The van der Waals surface area contributed by atoms with Crippen molar-refractivity contribution in [3.05, 3.63) is 35.9 Å². The van der Waals surface area contributed by atoms with Gasteiger partial charge in [0.05, 0.1) is 23.6 Å². The molecular weight excluding hydrogens is 228 g/mol. The minimum atomic E-state index is -1.43. The van der Waals surface area contributed by atoms with Crippen molar-refractivity contribution in [1.82, 2.24) is 9.38 Å². The number of carbonyl (C=O) groups is 1. The average Bonchev–Trinajstić information content (AvgIpc) is 2.72. The van der Waals surface area contributed by atoms with Crippen LogP contribution in [0.2, 0.25) is 19.6 Å². The van der Waals surface area contributed by atoms with Crippen molar-refractivity contribution in [3.63, 3.8) is 0 Å².